The van der Waals surface area contributed by atoms with E-state index >= 15 is 0 Å². The van der Waals surface area contributed by atoms with Crippen molar-refractivity contribution in [3.8, 4) is 0 Å². The number of hydrogen-bond acceptors (Lipinski definition) is 5. The maximum Gasteiger partial charge on any atom is 0.217 e. The van der Waals surface area contributed by atoms with Crippen LogP contribution in [-0.2, 0) is 15.8 Å². The highest BCUT2D eigenvalue weighted by Crippen LogP contribution is 2.05. The van der Waals surface area contributed by atoms with E-state index in [9.17, 15) is 8.42 Å². The molecule has 0 aromatic carbocycles. The van der Waals surface area contributed by atoms with Crippen molar-refractivity contribution in [1.29, 1.82) is 0 Å². The minimum atomic E-state index is -3.37. The van der Waals surface area contributed by atoms with Gasteiger partial charge in [-0.2, -0.15) is 0 Å². The maximum absolute atomic E-state index is 11.5. The first kappa shape index (κ1) is 12.2. The largest absolute Gasteiger partial charge is 0.361 e. The second-order valence-electron chi connectivity index (χ2n) is 3.51. The molecule has 0 bridgehead atoms. The van der Waals surface area contributed by atoms with Crippen LogP contribution in [0.3, 0.4) is 0 Å². The van der Waals surface area contributed by atoms with Crippen LogP contribution >= 0.6 is 0 Å². The molecule has 0 aliphatic heterocycles. The van der Waals surface area contributed by atoms with Crippen LogP contribution < -0.4 is 10.5 Å². The molecule has 1 heterocycles. The van der Waals surface area contributed by atoms with Crippen LogP contribution in [0.25, 0.3) is 0 Å². The highest BCUT2D eigenvalue weighted by atomic mass is 32.2. The van der Waals surface area contributed by atoms with Crippen molar-refractivity contribution in [2.75, 3.05) is 6.54 Å². The molecule has 0 aliphatic rings. The lowest BCUT2D eigenvalue weighted by Gasteiger charge is -2.06. The summed E-state index contributed by atoms with van der Waals surface area (Å²) in [6.45, 7) is 3.65. The van der Waals surface area contributed by atoms with Gasteiger partial charge >= 0.3 is 0 Å². The summed E-state index contributed by atoms with van der Waals surface area (Å²) in [6, 6.07) is 1.38. The minimum Gasteiger partial charge on any atom is -0.361 e. The van der Waals surface area contributed by atoms with Crippen LogP contribution in [0.4, 0.5) is 0 Å². The number of nitrogens with zero attached hydrogens (tertiary/aromatic N) is 1. The normalized spacial score (nSPS) is 14.1. The average molecular weight is 233 g/mol. The van der Waals surface area contributed by atoms with Gasteiger partial charge in [0.25, 0.3) is 0 Å². The smallest absolute Gasteiger partial charge is 0.217 e. The molecule has 1 atom stereocenters. The summed E-state index contributed by atoms with van der Waals surface area (Å²) in [5.41, 5.74) is 5.83. The summed E-state index contributed by atoms with van der Waals surface area (Å²) in [6.07, 6.45) is 0. The molecular weight excluding hydrogens is 218 g/mol. The fraction of sp³-hybridized carbons (Fsp3) is 0.625. The molecule has 0 saturated carbocycles. The highest BCUT2D eigenvalue weighted by molar-refractivity contribution is 7.88. The van der Waals surface area contributed by atoms with Gasteiger partial charge in [0.15, 0.2) is 0 Å². The van der Waals surface area contributed by atoms with Crippen molar-refractivity contribution in [3.05, 3.63) is 17.5 Å². The predicted octanol–water partition coefficient (Wildman–Crippen LogP) is -0.250. The zero-order chi connectivity index (χ0) is 11.5. The second kappa shape index (κ2) is 4.73. The third kappa shape index (κ3) is 4.41. The van der Waals surface area contributed by atoms with Crippen LogP contribution in [0.15, 0.2) is 10.6 Å². The molecule has 0 saturated heterocycles. The molecule has 1 unspecified atom stereocenters. The number of rotatable bonds is 5. The van der Waals surface area contributed by atoms with Crippen LogP contribution in [0, 0.1) is 6.92 Å². The monoisotopic (exact) mass is 233 g/mol. The zero-order valence-corrected chi connectivity index (χ0v) is 9.54. The fourth-order valence-corrected chi connectivity index (χ4v) is 2.13. The average Bonchev–Trinajstić information content (AvgIpc) is 2.47. The number of hydrogen-bond donors (Lipinski definition) is 2. The maximum atomic E-state index is 11.5. The molecular formula is C8H15N3O3S. The first-order valence-electron chi connectivity index (χ1n) is 4.54. The molecule has 1 aromatic heterocycles. The Morgan fingerprint density at radius 1 is 1.67 bits per heavy atom. The minimum absolute atomic E-state index is 0.183. The summed E-state index contributed by atoms with van der Waals surface area (Å²) < 4.78 is 30.1. The van der Waals surface area contributed by atoms with Crippen LogP contribution in [-0.4, -0.2) is 26.2 Å². The molecule has 7 heteroatoms. The van der Waals surface area contributed by atoms with Crippen molar-refractivity contribution < 1.29 is 12.9 Å². The molecule has 0 fully saturated rings. The molecule has 86 valence electrons. The second-order valence-corrected chi connectivity index (χ2v) is 5.32. The van der Waals surface area contributed by atoms with E-state index in [1.165, 1.54) is 0 Å². The number of aromatic nitrogens is 1. The van der Waals surface area contributed by atoms with E-state index in [2.05, 4.69) is 9.88 Å². The van der Waals surface area contributed by atoms with Crippen molar-refractivity contribution in [2.45, 2.75) is 25.6 Å². The lowest BCUT2D eigenvalue weighted by molar-refractivity contribution is 0.392. The zero-order valence-electron chi connectivity index (χ0n) is 8.73. The third-order valence-corrected chi connectivity index (χ3v) is 2.92. The van der Waals surface area contributed by atoms with E-state index in [0.29, 0.717) is 11.5 Å². The summed E-state index contributed by atoms with van der Waals surface area (Å²) in [4.78, 5) is 0. The Bertz CT molecular complexity index is 411. The number of sulfonamides is 1. The van der Waals surface area contributed by atoms with Gasteiger partial charge in [-0.05, 0) is 13.8 Å². The van der Waals surface area contributed by atoms with Crippen molar-refractivity contribution in [3.63, 3.8) is 0 Å². The molecule has 0 aliphatic carbocycles. The van der Waals surface area contributed by atoms with Gasteiger partial charge in [0.2, 0.25) is 10.0 Å². The Morgan fingerprint density at radius 2 is 2.33 bits per heavy atom. The summed E-state index contributed by atoms with van der Waals surface area (Å²) in [7, 11) is -3.37. The van der Waals surface area contributed by atoms with Crippen molar-refractivity contribution in [2.24, 2.45) is 5.73 Å². The lowest BCUT2D eigenvalue weighted by atomic mass is 10.4. The highest BCUT2D eigenvalue weighted by Gasteiger charge is 2.14. The molecule has 0 amide bonds. The van der Waals surface area contributed by atoms with Gasteiger partial charge in [0.05, 0.1) is 0 Å². The quantitative estimate of drug-likeness (QED) is 0.730. The number of aryl methyl sites for hydroxylation is 1. The van der Waals surface area contributed by atoms with Crippen LogP contribution in [0.2, 0.25) is 0 Å². The van der Waals surface area contributed by atoms with Gasteiger partial charge < -0.3 is 10.3 Å². The van der Waals surface area contributed by atoms with E-state index in [0.717, 1.165) is 0 Å². The molecule has 0 radical (unpaired) electrons. The third-order valence-electron chi connectivity index (χ3n) is 1.64. The molecule has 0 spiro atoms. The standard InChI is InChI=1S/C8H15N3O3S/c1-6(9)4-10-15(12,13)5-8-3-7(2)14-11-8/h3,6,10H,4-5,9H2,1-2H3. The molecule has 15 heavy (non-hydrogen) atoms. The lowest BCUT2D eigenvalue weighted by Crippen LogP contribution is -2.35. The Balaban J connectivity index is 2.57. The number of nitrogens with one attached hydrogen (secondary N) is 1. The SMILES string of the molecule is Cc1cc(CS(=O)(=O)NCC(C)N)no1. The van der Waals surface area contributed by atoms with Gasteiger partial charge in [-0.15, -0.1) is 0 Å². The summed E-state index contributed by atoms with van der Waals surface area (Å²) in [5, 5.41) is 3.60. The van der Waals surface area contributed by atoms with Crippen molar-refractivity contribution >= 4 is 10.0 Å². The summed E-state index contributed by atoms with van der Waals surface area (Å²) >= 11 is 0. The van der Waals surface area contributed by atoms with Gasteiger partial charge in [-0.3, -0.25) is 0 Å². The van der Waals surface area contributed by atoms with Crippen molar-refractivity contribution in [1.82, 2.24) is 9.88 Å². The van der Waals surface area contributed by atoms with E-state index in [1.807, 2.05) is 0 Å². The fourth-order valence-electron chi connectivity index (χ4n) is 0.990. The Labute approximate surface area is 88.9 Å². The Morgan fingerprint density at radius 3 is 2.80 bits per heavy atom. The first-order chi connectivity index (χ1) is 6.89. The van der Waals surface area contributed by atoms with Crippen LogP contribution in [0.5, 0.6) is 0 Å². The van der Waals surface area contributed by atoms with E-state index in [4.69, 9.17) is 10.3 Å². The Kier molecular flexibility index (Phi) is 3.83. The van der Waals surface area contributed by atoms with Gasteiger partial charge in [0, 0.05) is 18.7 Å². The Hall–Kier alpha value is -0.920. The molecule has 1 aromatic rings. The van der Waals surface area contributed by atoms with E-state index in [1.54, 1.807) is 19.9 Å². The molecule has 1 rings (SSSR count). The number of nitrogens with two attached hydrogens (primary N) is 1. The van der Waals surface area contributed by atoms with E-state index < -0.39 is 10.0 Å². The predicted molar refractivity (Wildman–Crippen MR) is 55.5 cm³/mol. The van der Waals surface area contributed by atoms with Gasteiger partial charge in [-0.1, -0.05) is 5.16 Å². The molecule has 6 nitrogen and oxygen atoms in total. The summed E-state index contributed by atoms with van der Waals surface area (Å²) in [5.74, 6) is 0.407. The topological polar surface area (TPSA) is 98.2 Å². The molecule has 3 N–H and O–H groups in total. The van der Waals surface area contributed by atoms with E-state index in [-0.39, 0.29) is 18.3 Å². The van der Waals surface area contributed by atoms with Crippen LogP contribution in [0.1, 0.15) is 18.4 Å². The van der Waals surface area contributed by atoms with Gasteiger partial charge in [0.1, 0.15) is 17.2 Å². The first-order valence-corrected chi connectivity index (χ1v) is 6.19. The van der Waals surface area contributed by atoms with Gasteiger partial charge in [-0.25, -0.2) is 13.1 Å².